The maximum atomic E-state index is 11.5. The molecule has 0 spiro atoms. The third-order valence-electron chi connectivity index (χ3n) is 4.08. The first-order valence-electron chi connectivity index (χ1n) is 8.52. The van der Waals surface area contributed by atoms with Crippen LogP contribution >= 0.6 is 0 Å². The summed E-state index contributed by atoms with van der Waals surface area (Å²) >= 11 is 0. The zero-order chi connectivity index (χ0) is 18.1. The number of anilines is 1. The number of rotatable bonds is 10. The Bertz CT molecular complexity index is 742. The smallest absolute Gasteiger partial charge is 0.310 e. The van der Waals surface area contributed by atoms with Crippen LogP contribution in [-0.2, 0) is 11.2 Å². The Morgan fingerprint density at radius 1 is 1.20 bits per heavy atom. The molecular formula is C19H25N3O3. The highest BCUT2D eigenvalue weighted by Crippen LogP contribution is 2.16. The van der Waals surface area contributed by atoms with Gasteiger partial charge in [0.15, 0.2) is 0 Å². The molecule has 0 fully saturated rings. The van der Waals surface area contributed by atoms with Gasteiger partial charge >= 0.3 is 5.97 Å². The van der Waals surface area contributed by atoms with Gasteiger partial charge in [-0.2, -0.15) is 0 Å². The standard InChI is InChI=1S/C19H25N3O3/c1-14(19(24)25)16-6-2-5-15(13-16)8-12-20-9-4-11-21-17-7-3-10-22-18(17)23/h2-3,5-7,10,13-14,20-21H,4,8-9,11-12H2,1H3,(H,22,23)(H,24,25). The number of nitrogens with one attached hydrogen (secondary N) is 3. The molecule has 0 saturated carbocycles. The van der Waals surface area contributed by atoms with E-state index < -0.39 is 11.9 Å². The molecule has 0 saturated heterocycles. The van der Waals surface area contributed by atoms with E-state index in [0.29, 0.717) is 5.69 Å². The number of carboxylic acid groups (broad SMARTS) is 1. The lowest BCUT2D eigenvalue weighted by molar-refractivity contribution is -0.138. The van der Waals surface area contributed by atoms with E-state index >= 15 is 0 Å². The largest absolute Gasteiger partial charge is 0.481 e. The van der Waals surface area contributed by atoms with Crippen LogP contribution in [0.3, 0.4) is 0 Å². The predicted molar refractivity (Wildman–Crippen MR) is 99.2 cm³/mol. The molecule has 1 aromatic carbocycles. The molecule has 1 heterocycles. The average Bonchev–Trinajstić information content (AvgIpc) is 2.62. The van der Waals surface area contributed by atoms with E-state index in [1.807, 2.05) is 24.3 Å². The van der Waals surface area contributed by atoms with Crippen molar-refractivity contribution in [3.63, 3.8) is 0 Å². The maximum absolute atomic E-state index is 11.5. The zero-order valence-corrected chi connectivity index (χ0v) is 14.4. The second-order valence-electron chi connectivity index (χ2n) is 6.00. The number of aliphatic carboxylic acids is 1. The summed E-state index contributed by atoms with van der Waals surface area (Å²) in [6, 6.07) is 11.3. The fraction of sp³-hybridized carbons (Fsp3) is 0.368. The normalized spacial score (nSPS) is 11.9. The summed E-state index contributed by atoms with van der Waals surface area (Å²) in [4.78, 5) is 25.2. The van der Waals surface area contributed by atoms with E-state index in [0.717, 1.165) is 43.6 Å². The van der Waals surface area contributed by atoms with E-state index in [2.05, 4.69) is 15.6 Å². The lowest BCUT2D eigenvalue weighted by Gasteiger charge is -2.10. The Kier molecular flexibility index (Phi) is 7.22. The van der Waals surface area contributed by atoms with Crippen molar-refractivity contribution in [3.05, 3.63) is 64.1 Å². The van der Waals surface area contributed by atoms with Gasteiger partial charge in [0, 0.05) is 12.7 Å². The van der Waals surface area contributed by atoms with Crippen LogP contribution in [0.2, 0.25) is 0 Å². The fourth-order valence-electron chi connectivity index (χ4n) is 2.52. The molecule has 0 bridgehead atoms. The van der Waals surface area contributed by atoms with Crippen molar-refractivity contribution < 1.29 is 9.90 Å². The molecule has 0 aliphatic carbocycles. The number of pyridine rings is 1. The van der Waals surface area contributed by atoms with Gasteiger partial charge < -0.3 is 20.7 Å². The molecule has 1 unspecified atom stereocenters. The first kappa shape index (κ1) is 18.7. The van der Waals surface area contributed by atoms with Gasteiger partial charge in [0.1, 0.15) is 5.69 Å². The number of aromatic amines is 1. The first-order valence-corrected chi connectivity index (χ1v) is 8.52. The summed E-state index contributed by atoms with van der Waals surface area (Å²) < 4.78 is 0. The maximum Gasteiger partial charge on any atom is 0.310 e. The number of aromatic nitrogens is 1. The number of H-pyrrole nitrogens is 1. The summed E-state index contributed by atoms with van der Waals surface area (Å²) in [7, 11) is 0. The Balaban J connectivity index is 1.65. The van der Waals surface area contributed by atoms with Crippen LogP contribution in [0.1, 0.15) is 30.4 Å². The van der Waals surface area contributed by atoms with Crippen molar-refractivity contribution in [3.8, 4) is 0 Å². The van der Waals surface area contributed by atoms with Gasteiger partial charge in [-0.15, -0.1) is 0 Å². The molecular weight excluding hydrogens is 318 g/mol. The minimum Gasteiger partial charge on any atom is -0.481 e. The zero-order valence-electron chi connectivity index (χ0n) is 14.4. The van der Waals surface area contributed by atoms with E-state index in [1.54, 1.807) is 25.3 Å². The minimum atomic E-state index is -0.806. The topological polar surface area (TPSA) is 94.2 Å². The molecule has 4 N–H and O–H groups in total. The molecule has 6 heteroatoms. The Morgan fingerprint density at radius 3 is 2.80 bits per heavy atom. The quantitative estimate of drug-likeness (QED) is 0.496. The third kappa shape index (κ3) is 6.08. The highest BCUT2D eigenvalue weighted by atomic mass is 16.4. The summed E-state index contributed by atoms with van der Waals surface area (Å²) in [5, 5.41) is 15.6. The van der Waals surface area contributed by atoms with Crippen molar-refractivity contribution in [1.82, 2.24) is 10.3 Å². The SMILES string of the molecule is CC(C(=O)O)c1cccc(CCNCCCNc2ccc[nH]c2=O)c1. The number of carbonyl (C=O) groups is 1. The fourth-order valence-corrected chi connectivity index (χ4v) is 2.52. The minimum absolute atomic E-state index is 0.106. The molecule has 0 aliphatic rings. The van der Waals surface area contributed by atoms with Gasteiger partial charge in [0.25, 0.3) is 5.56 Å². The lowest BCUT2D eigenvalue weighted by Crippen LogP contribution is -2.22. The summed E-state index contributed by atoms with van der Waals surface area (Å²) in [6.45, 7) is 4.11. The number of benzene rings is 1. The van der Waals surface area contributed by atoms with Gasteiger partial charge in [0.2, 0.25) is 0 Å². The molecule has 6 nitrogen and oxygen atoms in total. The average molecular weight is 343 g/mol. The van der Waals surface area contributed by atoms with Crippen LogP contribution in [0.4, 0.5) is 5.69 Å². The summed E-state index contributed by atoms with van der Waals surface area (Å²) in [6.07, 6.45) is 3.37. The summed E-state index contributed by atoms with van der Waals surface area (Å²) in [5.41, 5.74) is 2.45. The third-order valence-corrected chi connectivity index (χ3v) is 4.08. The van der Waals surface area contributed by atoms with Crippen LogP contribution < -0.4 is 16.2 Å². The van der Waals surface area contributed by atoms with Crippen molar-refractivity contribution >= 4 is 11.7 Å². The lowest BCUT2D eigenvalue weighted by atomic mass is 9.98. The molecule has 0 radical (unpaired) electrons. The van der Waals surface area contributed by atoms with Crippen LogP contribution in [0.5, 0.6) is 0 Å². The highest BCUT2D eigenvalue weighted by molar-refractivity contribution is 5.75. The van der Waals surface area contributed by atoms with Crippen LogP contribution in [0.15, 0.2) is 47.4 Å². The van der Waals surface area contributed by atoms with E-state index in [9.17, 15) is 9.59 Å². The molecule has 0 amide bonds. The molecule has 2 aromatic rings. The van der Waals surface area contributed by atoms with Crippen LogP contribution in [-0.4, -0.2) is 35.7 Å². The van der Waals surface area contributed by atoms with E-state index in [-0.39, 0.29) is 5.56 Å². The van der Waals surface area contributed by atoms with Crippen LogP contribution in [0, 0.1) is 0 Å². The first-order chi connectivity index (χ1) is 12.1. The van der Waals surface area contributed by atoms with Gasteiger partial charge in [-0.25, -0.2) is 0 Å². The molecule has 0 aliphatic heterocycles. The second-order valence-corrected chi connectivity index (χ2v) is 6.00. The van der Waals surface area contributed by atoms with Gasteiger partial charge in [0.05, 0.1) is 5.92 Å². The predicted octanol–water partition coefficient (Wildman–Crippen LogP) is 2.20. The van der Waals surface area contributed by atoms with Crippen molar-refractivity contribution in [1.29, 1.82) is 0 Å². The highest BCUT2D eigenvalue weighted by Gasteiger charge is 2.13. The molecule has 1 aromatic heterocycles. The van der Waals surface area contributed by atoms with Crippen LogP contribution in [0.25, 0.3) is 0 Å². The number of carboxylic acids is 1. The Hall–Kier alpha value is -2.60. The monoisotopic (exact) mass is 343 g/mol. The molecule has 2 rings (SSSR count). The van der Waals surface area contributed by atoms with Gasteiger partial charge in [-0.1, -0.05) is 24.3 Å². The Morgan fingerprint density at radius 2 is 2.04 bits per heavy atom. The Labute approximate surface area is 147 Å². The number of hydrogen-bond donors (Lipinski definition) is 4. The number of hydrogen-bond acceptors (Lipinski definition) is 4. The van der Waals surface area contributed by atoms with E-state index in [4.69, 9.17) is 5.11 Å². The van der Waals surface area contributed by atoms with E-state index in [1.165, 1.54) is 0 Å². The van der Waals surface area contributed by atoms with Gasteiger partial charge in [-0.05, 0) is 56.1 Å². The van der Waals surface area contributed by atoms with Crippen molar-refractivity contribution in [2.45, 2.75) is 25.7 Å². The summed E-state index contributed by atoms with van der Waals surface area (Å²) in [5.74, 6) is -1.29. The van der Waals surface area contributed by atoms with Crippen molar-refractivity contribution in [2.24, 2.45) is 0 Å². The molecule has 1 atom stereocenters. The molecule has 134 valence electrons. The van der Waals surface area contributed by atoms with Crippen molar-refractivity contribution in [2.75, 3.05) is 25.0 Å². The van der Waals surface area contributed by atoms with Gasteiger partial charge in [-0.3, -0.25) is 9.59 Å². The second kappa shape index (κ2) is 9.64. The molecule has 25 heavy (non-hydrogen) atoms.